The molecule has 2 aromatic carbocycles. The Balaban J connectivity index is 1.53. The van der Waals surface area contributed by atoms with Crippen molar-refractivity contribution < 1.29 is 34.4 Å². The van der Waals surface area contributed by atoms with E-state index in [4.69, 9.17) is 16.2 Å². The number of nitrogens with one attached hydrogen (secondary N) is 1. The van der Waals surface area contributed by atoms with Gasteiger partial charge in [-0.3, -0.25) is 14.4 Å². The van der Waals surface area contributed by atoms with Gasteiger partial charge in [0.25, 0.3) is 0 Å². The minimum absolute atomic E-state index is 0.0991. The molecule has 214 valence electrons. The number of amides is 3. The maximum absolute atomic E-state index is 12.0. The van der Waals surface area contributed by atoms with Crippen molar-refractivity contribution in [3.05, 3.63) is 64.7 Å². The predicted octanol–water partition coefficient (Wildman–Crippen LogP) is 0.359. The lowest BCUT2D eigenvalue weighted by Gasteiger charge is -2.42. The standard InChI is InChI=1S/C28H39N3O7S/c1-16-5-8-18(27-26(36)25(35)22(32)15-39(27)2)13-19(16)12-17-6-9-20(10-7-17)38-11-3-4-24(34)31-21(28(30)37)14-23(29)33/h5-10,13,21-22,25-27,32,35-36,39H,3-4,11-12,14-15H2,1-2H3,(H2,29,33)(H2,30,37)(H,31,34)/t21-,22+,25+,26+,27-/m0/s1. The zero-order valence-electron chi connectivity index (χ0n) is 22.2. The highest BCUT2D eigenvalue weighted by molar-refractivity contribution is 8.16. The van der Waals surface area contributed by atoms with Crippen molar-refractivity contribution in [2.75, 3.05) is 18.6 Å². The summed E-state index contributed by atoms with van der Waals surface area (Å²) in [5.74, 6) is -0.813. The van der Waals surface area contributed by atoms with Crippen molar-refractivity contribution in [2.24, 2.45) is 11.5 Å². The van der Waals surface area contributed by atoms with E-state index in [0.717, 1.165) is 22.3 Å². The van der Waals surface area contributed by atoms with E-state index in [1.165, 1.54) is 0 Å². The first-order chi connectivity index (χ1) is 18.5. The van der Waals surface area contributed by atoms with Crippen LogP contribution in [0, 0.1) is 6.92 Å². The van der Waals surface area contributed by atoms with Gasteiger partial charge in [0.15, 0.2) is 0 Å². The Kier molecular flexibility index (Phi) is 10.8. The van der Waals surface area contributed by atoms with Crippen LogP contribution in [0.1, 0.15) is 46.8 Å². The number of carbonyl (C=O) groups excluding carboxylic acids is 3. The average molecular weight is 562 g/mol. The largest absolute Gasteiger partial charge is 0.494 e. The number of primary amides is 2. The van der Waals surface area contributed by atoms with Gasteiger partial charge in [-0.2, -0.15) is 0 Å². The molecule has 0 bridgehead atoms. The summed E-state index contributed by atoms with van der Waals surface area (Å²) in [5.41, 5.74) is 14.5. The number of hydrogen-bond acceptors (Lipinski definition) is 7. The van der Waals surface area contributed by atoms with Crippen molar-refractivity contribution in [3.63, 3.8) is 0 Å². The third kappa shape index (κ3) is 8.43. The molecule has 0 aromatic heterocycles. The van der Waals surface area contributed by atoms with E-state index in [1.807, 2.05) is 49.6 Å². The molecule has 0 spiro atoms. The van der Waals surface area contributed by atoms with Crippen molar-refractivity contribution in [1.82, 2.24) is 5.32 Å². The lowest BCUT2D eigenvalue weighted by atomic mass is 9.94. The molecule has 1 aliphatic rings. The first-order valence-corrected chi connectivity index (χ1v) is 14.9. The summed E-state index contributed by atoms with van der Waals surface area (Å²) >= 11 is 0. The van der Waals surface area contributed by atoms with Crippen LogP contribution in [0.15, 0.2) is 42.5 Å². The molecule has 6 atom stereocenters. The number of carbonyl (C=O) groups is 3. The molecule has 2 aromatic rings. The van der Waals surface area contributed by atoms with Gasteiger partial charge in [-0.15, -0.1) is 0 Å². The SMILES string of the molecule is Cc1ccc([C@H]2[C@H](O)[C@H](O)[C@H](O)C[SH]2C)cc1Cc1ccc(OCCCC(=O)N[C@@H](CC(N)=O)C(N)=O)cc1. The molecule has 39 heavy (non-hydrogen) atoms. The van der Waals surface area contributed by atoms with Crippen LogP contribution in [0.3, 0.4) is 0 Å². The summed E-state index contributed by atoms with van der Waals surface area (Å²) in [4.78, 5) is 34.4. The number of benzene rings is 2. The summed E-state index contributed by atoms with van der Waals surface area (Å²) in [6, 6.07) is 12.7. The van der Waals surface area contributed by atoms with Gasteiger partial charge in [-0.1, -0.05) is 30.3 Å². The number of thiol groups is 1. The maximum Gasteiger partial charge on any atom is 0.240 e. The van der Waals surface area contributed by atoms with Gasteiger partial charge < -0.3 is 36.8 Å². The third-order valence-electron chi connectivity index (χ3n) is 6.95. The number of rotatable bonds is 12. The Morgan fingerprint density at radius 1 is 1.08 bits per heavy atom. The van der Waals surface area contributed by atoms with E-state index in [2.05, 4.69) is 11.4 Å². The van der Waals surface area contributed by atoms with E-state index < -0.39 is 53.0 Å². The second-order valence-corrected chi connectivity index (χ2v) is 12.5. The van der Waals surface area contributed by atoms with Crippen LogP contribution in [0.25, 0.3) is 0 Å². The molecule has 11 heteroatoms. The van der Waals surface area contributed by atoms with E-state index >= 15 is 0 Å². The molecule has 0 saturated carbocycles. The second-order valence-electron chi connectivity index (χ2n) is 10.1. The molecule has 10 nitrogen and oxygen atoms in total. The molecule has 1 fully saturated rings. The van der Waals surface area contributed by atoms with Crippen molar-refractivity contribution in [1.29, 1.82) is 0 Å². The molecule has 1 unspecified atom stereocenters. The highest BCUT2D eigenvalue weighted by Crippen LogP contribution is 2.48. The second kappa shape index (κ2) is 13.8. The Morgan fingerprint density at radius 3 is 2.41 bits per heavy atom. The number of aliphatic hydroxyl groups excluding tert-OH is 3. The van der Waals surface area contributed by atoms with E-state index in [1.54, 1.807) is 0 Å². The zero-order valence-corrected chi connectivity index (χ0v) is 23.1. The monoisotopic (exact) mass is 561 g/mol. The van der Waals surface area contributed by atoms with Crippen LogP contribution in [0.4, 0.5) is 0 Å². The minimum atomic E-state index is -1.14. The van der Waals surface area contributed by atoms with Gasteiger partial charge in [0.1, 0.15) is 17.9 Å². The third-order valence-corrected chi connectivity index (χ3v) is 9.45. The fourth-order valence-electron chi connectivity index (χ4n) is 4.75. The summed E-state index contributed by atoms with van der Waals surface area (Å²) in [6.45, 7) is 2.33. The van der Waals surface area contributed by atoms with Gasteiger partial charge in [0, 0.05) is 17.4 Å². The summed E-state index contributed by atoms with van der Waals surface area (Å²) in [5, 5.41) is 33.1. The summed E-state index contributed by atoms with van der Waals surface area (Å²) < 4.78 is 5.73. The highest BCUT2D eigenvalue weighted by Gasteiger charge is 2.40. The fourth-order valence-corrected chi connectivity index (χ4v) is 7.15. The molecule has 3 rings (SSSR count). The zero-order chi connectivity index (χ0) is 28.7. The Morgan fingerprint density at radius 2 is 1.77 bits per heavy atom. The summed E-state index contributed by atoms with van der Waals surface area (Å²) in [7, 11) is -0.686. The molecule has 1 saturated heterocycles. The van der Waals surface area contributed by atoms with Crippen LogP contribution >= 0.6 is 10.9 Å². The number of nitrogens with two attached hydrogens (primary N) is 2. The Bertz CT molecular complexity index is 1160. The molecule has 3 amide bonds. The lowest BCUT2D eigenvalue weighted by molar-refractivity contribution is -0.129. The predicted molar refractivity (Wildman–Crippen MR) is 151 cm³/mol. The van der Waals surface area contributed by atoms with E-state index in [9.17, 15) is 29.7 Å². The van der Waals surface area contributed by atoms with Crippen LogP contribution < -0.4 is 21.5 Å². The smallest absolute Gasteiger partial charge is 0.240 e. The topological polar surface area (TPSA) is 185 Å². The van der Waals surface area contributed by atoms with Gasteiger partial charge in [-0.05, 0) is 60.4 Å². The summed E-state index contributed by atoms with van der Waals surface area (Å²) in [6.07, 6.45) is -0.145. The molecular formula is C28H39N3O7S. The van der Waals surface area contributed by atoms with Crippen LogP contribution in [-0.4, -0.2) is 76.0 Å². The lowest BCUT2D eigenvalue weighted by Crippen LogP contribution is -2.47. The van der Waals surface area contributed by atoms with Crippen molar-refractivity contribution in [2.45, 2.75) is 62.2 Å². The Hall–Kier alpha value is -3.12. The van der Waals surface area contributed by atoms with Gasteiger partial charge in [-0.25, -0.2) is 10.9 Å². The average Bonchev–Trinajstić information content (AvgIpc) is 2.87. The molecule has 0 radical (unpaired) electrons. The fraction of sp³-hybridized carbons (Fsp3) is 0.464. The Labute approximate surface area is 231 Å². The van der Waals surface area contributed by atoms with Crippen molar-refractivity contribution in [3.8, 4) is 5.75 Å². The normalized spacial score (nSPS) is 24.5. The molecule has 1 heterocycles. The first kappa shape index (κ1) is 30.4. The number of aliphatic hydroxyl groups is 3. The van der Waals surface area contributed by atoms with Crippen LogP contribution in [0.5, 0.6) is 5.75 Å². The van der Waals surface area contributed by atoms with Gasteiger partial charge >= 0.3 is 0 Å². The van der Waals surface area contributed by atoms with Crippen LogP contribution in [0.2, 0.25) is 0 Å². The molecule has 1 aliphatic heterocycles. The molecular weight excluding hydrogens is 522 g/mol. The molecule has 0 aliphatic carbocycles. The van der Waals surface area contributed by atoms with Gasteiger partial charge in [0.05, 0.1) is 25.2 Å². The van der Waals surface area contributed by atoms with E-state index in [0.29, 0.717) is 24.3 Å². The number of aryl methyl sites for hydroxylation is 1. The molecule has 8 N–H and O–H groups in total. The van der Waals surface area contributed by atoms with Gasteiger partial charge in [0.2, 0.25) is 17.7 Å². The first-order valence-electron chi connectivity index (χ1n) is 12.9. The highest BCUT2D eigenvalue weighted by atomic mass is 32.2. The number of ether oxygens (including phenoxy) is 1. The van der Waals surface area contributed by atoms with Crippen molar-refractivity contribution >= 4 is 28.6 Å². The van der Waals surface area contributed by atoms with E-state index in [-0.39, 0.29) is 24.7 Å². The quantitative estimate of drug-likeness (QED) is 0.144. The maximum atomic E-state index is 12.0. The van der Waals surface area contributed by atoms with Crippen LogP contribution in [-0.2, 0) is 20.8 Å². The minimum Gasteiger partial charge on any atom is -0.494 e. The number of hydrogen-bond donors (Lipinski definition) is 7.